The molecule has 0 aromatic heterocycles. The first-order valence-corrected chi connectivity index (χ1v) is 10.5. The lowest BCUT2D eigenvalue weighted by molar-refractivity contribution is 0.0955. The Morgan fingerprint density at radius 2 is 1.79 bits per heavy atom. The van der Waals surface area contributed by atoms with Crippen LogP contribution in [0, 0.1) is 0 Å². The molecule has 0 unspecified atom stereocenters. The van der Waals surface area contributed by atoms with Crippen LogP contribution in [0.25, 0.3) is 0 Å². The normalized spacial score (nSPS) is 11.7. The molecule has 0 bridgehead atoms. The molecule has 0 atom stereocenters. The predicted molar refractivity (Wildman–Crippen MR) is 109 cm³/mol. The summed E-state index contributed by atoms with van der Waals surface area (Å²) in [5.74, 6) is 0.272. The van der Waals surface area contributed by atoms with Crippen molar-refractivity contribution in [2.75, 3.05) is 19.7 Å². The Hall–Kier alpha value is -2.71. The molecule has 7 nitrogen and oxygen atoms in total. The number of nitrogens with one attached hydrogen (secondary N) is 1. The zero-order valence-electron chi connectivity index (χ0n) is 16.3. The van der Waals surface area contributed by atoms with Gasteiger partial charge in [0.1, 0.15) is 5.75 Å². The summed E-state index contributed by atoms with van der Waals surface area (Å²) in [6.45, 7) is 6.77. The van der Waals surface area contributed by atoms with Gasteiger partial charge in [-0.25, -0.2) is 13.8 Å². The van der Waals surface area contributed by atoms with Crippen molar-refractivity contribution in [2.45, 2.75) is 25.7 Å². The molecule has 0 fully saturated rings. The lowest BCUT2D eigenvalue weighted by atomic mass is 10.2. The van der Waals surface area contributed by atoms with Crippen LogP contribution in [-0.4, -0.2) is 44.5 Å². The van der Waals surface area contributed by atoms with Crippen LogP contribution in [0.15, 0.2) is 58.5 Å². The summed E-state index contributed by atoms with van der Waals surface area (Å²) in [4.78, 5) is 12.4. The van der Waals surface area contributed by atoms with E-state index in [1.807, 2.05) is 31.2 Å². The number of rotatable bonds is 9. The van der Waals surface area contributed by atoms with Crippen molar-refractivity contribution in [3.05, 3.63) is 59.7 Å². The summed E-state index contributed by atoms with van der Waals surface area (Å²) >= 11 is 0. The van der Waals surface area contributed by atoms with E-state index in [0.29, 0.717) is 19.7 Å². The van der Waals surface area contributed by atoms with E-state index in [-0.39, 0.29) is 10.5 Å². The standard InChI is InChI=1S/C20H25N3O4S/c1-4-23(5-2)28(25,26)19-9-7-8-17(14-19)20(24)22-21-15-16-10-12-18(13-11-16)27-6-3/h7-15H,4-6H2,1-3H3,(H,22,24)/b21-15-. The van der Waals surface area contributed by atoms with E-state index in [4.69, 9.17) is 4.74 Å². The van der Waals surface area contributed by atoms with E-state index < -0.39 is 15.9 Å². The summed E-state index contributed by atoms with van der Waals surface area (Å²) in [5, 5.41) is 3.93. The molecule has 8 heteroatoms. The maximum atomic E-state index is 12.6. The lowest BCUT2D eigenvalue weighted by Crippen LogP contribution is -2.30. The van der Waals surface area contributed by atoms with E-state index in [2.05, 4.69) is 10.5 Å². The van der Waals surface area contributed by atoms with Crippen molar-refractivity contribution in [3.63, 3.8) is 0 Å². The molecule has 0 aliphatic carbocycles. The van der Waals surface area contributed by atoms with E-state index in [0.717, 1.165) is 11.3 Å². The summed E-state index contributed by atoms with van der Waals surface area (Å²) in [5.41, 5.74) is 3.43. The molecule has 2 aromatic rings. The number of hydrazone groups is 1. The van der Waals surface area contributed by atoms with Gasteiger partial charge in [-0.05, 0) is 55.0 Å². The third-order valence-electron chi connectivity index (χ3n) is 4.01. The van der Waals surface area contributed by atoms with Crippen LogP contribution >= 0.6 is 0 Å². The highest BCUT2D eigenvalue weighted by Crippen LogP contribution is 2.17. The second kappa shape index (κ2) is 10.0. The Morgan fingerprint density at radius 1 is 1.11 bits per heavy atom. The highest BCUT2D eigenvalue weighted by Gasteiger charge is 2.22. The fourth-order valence-electron chi connectivity index (χ4n) is 2.56. The molecule has 0 saturated carbocycles. The minimum Gasteiger partial charge on any atom is -0.494 e. The van der Waals surface area contributed by atoms with Crippen molar-refractivity contribution >= 4 is 22.1 Å². The van der Waals surface area contributed by atoms with E-state index in [1.54, 1.807) is 26.0 Å². The topological polar surface area (TPSA) is 88.1 Å². The van der Waals surface area contributed by atoms with Gasteiger partial charge in [-0.2, -0.15) is 9.41 Å². The maximum absolute atomic E-state index is 12.6. The minimum absolute atomic E-state index is 0.0827. The molecule has 28 heavy (non-hydrogen) atoms. The van der Waals surface area contributed by atoms with Crippen LogP contribution in [0.2, 0.25) is 0 Å². The first-order valence-electron chi connectivity index (χ1n) is 9.08. The van der Waals surface area contributed by atoms with Crippen LogP contribution < -0.4 is 10.2 Å². The van der Waals surface area contributed by atoms with Crippen LogP contribution in [0.1, 0.15) is 36.7 Å². The molecular weight excluding hydrogens is 378 g/mol. The quantitative estimate of drug-likeness (QED) is 0.515. The molecule has 0 aliphatic heterocycles. The third-order valence-corrected chi connectivity index (χ3v) is 6.06. The van der Waals surface area contributed by atoms with Gasteiger partial charge in [-0.3, -0.25) is 4.79 Å². The predicted octanol–water partition coefficient (Wildman–Crippen LogP) is 2.88. The summed E-state index contributed by atoms with van der Waals surface area (Å²) in [6, 6.07) is 13.2. The largest absolute Gasteiger partial charge is 0.494 e. The van der Waals surface area contributed by atoms with Crippen LogP contribution in [-0.2, 0) is 10.0 Å². The Labute approximate surface area is 166 Å². The number of carbonyl (C=O) groups is 1. The second-order valence-electron chi connectivity index (χ2n) is 5.82. The Bertz CT molecular complexity index is 921. The lowest BCUT2D eigenvalue weighted by Gasteiger charge is -2.18. The first-order chi connectivity index (χ1) is 13.4. The summed E-state index contributed by atoms with van der Waals surface area (Å²) in [7, 11) is -3.63. The van der Waals surface area contributed by atoms with Crippen LogP contribution in [0.3, 0.4) is 0 Å². The zero-order chi connectivity index (χ0) is 20.6. The van der Waals surface area contributed by atoms with Gasteiger partial charge in [0.05, 0.1) is 17.7 Å². The van der Waals surface area contributed by atoms with Crippen molar-refractivity contribution < 1.29 is 17.9 Å². The second-order valence-corrected chi connectivity index (χ2v) is 7.76. The van der Waals surface area contributed by atoms with Gasteiger partial charge >= 0.3 is 0 Å². The Morgan fingerprint density at radius 3 is 2.39 bits per heavy atom. The fraction of sp³-hybridized carbons (Fsp3) is 0.300. The molecule has 2 rings (SSSR count). The van der Waals surface area contributed by atoms with Gasteiger partial charge < -0.3 is 4.74 Å². The van der Waals surface area contributed by atoms with Gasteiger partial charge in [0, 0.05) is 18.7 Å². The highest BCUT2D eigenvalue weighted by atomic mass is 32.2. The average molecular weight is 404 g/mol. The molecule has 0 aliphatic rings. The van der Waals surface area contributed by atoms with Gasteiger partial charge in [0.2, 0.25) is 10.0 Å². The molecule has 2 aromatic carbocycles. The summed E-state index contributed by atoms with van der Waals surface area (Å²) < 4.78 is 31.9. The molecule has 0 saturated heterocycles. The van der Waals surface area contributed by atoms with Crippen molar-refractivity contribution in [1.29, 1.82) is 0 Å². The van der Waals surface area contributed by atoms with Crippen molar-refractivity contribution in [2.24, 2.45) is 5.10 Å². The van der Waals surface area contributed by atoms with Gasteiger partial charge in [0.15, 0.2) is 0 Å². The summed E-state index contributed by atoms with van der Waals surface area (Å²) in [6.07, 6.45) is 1.50. The molecule has 150 valence electrons. The molecule has 0 spiro atoms. The van der Waals surface area contributed by atoms with E-state index >= 15 is 0 Å². The van der Waals surface area contributed by atoms with Crippen molar-refractivity contribution in [3.8, 4) is 5.75 Å². The Balaban J connectivity index is 2.08. The monoisotopic (exact) mass is 403 g/mol. The van der Waals surface area contributed by atoms with Crippen LogP contribution in [0.5, 0.6) is 5.75 Å². The SMILES string of the molecule is CCOc1ccc(/C=N\NC(=O)c2cccc(S(=O)(=O)N(CC)CC)c2)cc1. The minimum atomic E-state index is -3.63. The molecule has 0 radical (unpaired) electrons. The molecule has 1 amide bonds. The smallest absolute Gasteiger partial charge is 0.271 e. The number of benzene rings is 2. The molecule has 1 N–H and O–H groups in total. The third kappa shape index (κ3) is 5.40. The number of carbonyl (C=O) groups excluding carboxylic acids is 1. The van der Waals surface area contributed by atoms with E-state index in [9.17, 15) is 13.2 Å². The van der Waals surface area contributed by atoms with E-state index in [1.165, 1.54) is 22.7 Å². The zero-order valence-corrected chi connectivity index (χ0v) is 17.1. The van der Waals surface area contributed by atoms with Gasteiger partial charge in [0.25, 0.3) is 5.91 Å². The van der Waals surface area contributed by atoms with Gasteiger partial charge in [-0.1, -0.05) is 19.9 Å². The number of ether oxygens (including phenoxy) is 1. The number of sulfonamides is 1. The Kier molecular flexibility index (Phi) is 7.71. The fourth-order valence-corrected chi connectivity index (χ4v) is 4.06. The average Bonchev–Trinajstić information content (AvgIpc) is 2.70. The van der Waals surface area contributed by atoms with Crippen LogP contribution in [0.4, 0.5) is 0 Å². The van der Waals surface area contributed by atoms with Crippen molar-refractivity contribution in [1.82, 2.24) is 9.73 Å². The maximum Gasteiger partial charge on any atom is 0.271 e. The number of amides is 1. The highest BCUT2D eigenvalue weighted by molar-refractivity contribution is 7.89. The first kappa shape index (κ1) is 21.6. The molecular formula is C20H25N3O4S. The number of nitrogens with zero attached hydrogens (tertiary/aromatic N) is 2. The number of hydrogen-bond donors (Lipinski definition) is 1. The molecule has 0 heterocycles. The van der Waals surface area contributed by atoms with Gasteiger partial charge in [-0.15, -0.1) is 0 Å². The number of hydrogen-bond acceptors (Lipinski definition) is 5.